The van der Waals surface area contributed by atoms with Gasteiger partial charge in [0.2, 0.25) is 10.0 Å². The molecule has 0 spiro atoms. The molecule has 0 fully saturated rings. The summed E-state index contributed by atoms with van der Waals surface area (Å²) in [4.78, 5) is 12.0. The van der Waals surface area contributed by atoms with Crippen molar-refractivity contribution >= 4 is 43.2 Å². The summed E-state index contributed by atoms with van der Waals surface area (Å²) in [7, 11) is -3.93. The molecule has 0 aliphatic rings. The first-order valence-corrected chi connectivity index (χ1v) is 8.10. The Morgan fingerprint density at radius 3 is 2.43 bits per heavy atom. The van der Waals surface area contributed by atoms with Crippen molar-refractivity contribution in [2.24, 2.45) is 5.14 Å². The SMILES string of the molecule is Nc1cc(Br)cc(C(=O)Nc2ccccc2S(N)(=O)=O)c1. The van der Waals surface area contributed by atoms with Gasteiger partial charge in [0.1, 0.15) is 4.90 Å². The molecule has 0 radical (unpaired) electrons. The van der Waals surface area contributed by atoms with E-state index in [0.29, 0.717) is 15.7 Å². The topological polar surface area (TPSA) is 115 Å². The van der Waals surface area contributed by atoms with Crippen LogP contribution in [0.2, 0.25) is 0 Å². The van der Waals surface area contributed by atoms with Crippen molar-refractivity contribution in [3.8, 4) is 0 Å². The standard InChI is InChI=1S/C13H12BrN3O3S/c14-9-5-8(6-10(15)7-9)13(18)17-11-3-1-2-4-12(11)21(16,19)20/h1-7H,15H2,(H,17,18)(H2,16,19,20). The van der Waals surface area contributed by atoms with Crippen LogP contribution in [0.1, 0.15) is 10.4 Å². The van der Waals surface area contributed by atoms with Crippen molar-refractivity contribution in [2.45, 2.75) is 4.90 Å². The molecule has 21 heavy (non-hydrogen) atoms. The predicted octanol–water partition coefficient (Wildman–Crippen LogP) is 1.93. The van der Waals surface area contributed by atoms with E-state index in [-0.39, 0.29) is 10.6 Å². The fraction of sp³-hybridized carbons (Fsp3) is 0. The molecule has 2 rings (SSSR count). The Balaban J connectivity index is 2.37. The van der Waals surface area contributed by atoms with Gasteiger partial charge in [-0.15, -0.1) is 0 Å². The molecule has 0 aliphatic heterocycles. The summed E-state index contributed by atoms with van der Waals surface area (Å²) in [5.41, 5.74) is 6.49. The number of benzene rings is 2. The zero-order chi connectivity index (χ0) is 15.6. The van der Waals surface area contributed by atoms with Crippen LogP contribution in [0.25, 0.3) is 0 Å². The van der Waals surface area contributed by atoms with Gasteiger partial charge in [0.15, 0.2) is 0 Å². The van der Waals surface area contributed by atoms with Crippen molar-refractivity contribution in [2.75, 3.05) is 11.1 Å². The van der Waals surface area contributed by atoms with Gasteiger partial charge in [-0.3, -0.25) is 4.79 Å². The second kappa shape index (κ2) is 5.84. The highest BCUT2D eigenvalue weighted by Gasteiger charge is 2.16. The number of sulfonamides is 1. The molecule has 0 saturated heterocycles. The molecule has 2 aromatic rings. The van der Waals surface area contributed by atoms with Gasteiger partial charge in [-0.2, -0.15) is 0 Å². The fourth-order valence-corrected chi connectivity index (χ4v) is 2.96. The zero-order valence-electron chi connectivity index (χ0n) is 10.7. The van der Waals surface area contributed by atoms with Gasteiger partial charge < -0.3 is 11.1 Å². The van der Waals surface area contributed by atoms with Crippen LogP contribution in [0.4, 0.5) is 11.4 Å². The second-order valence-corrected chi connectivity index (χ2v) is 6.71. The Kier molecular flexibility index (Phi) is 4.31. The van der Waals surface area contributed by atoms with Crippen LogP contribution < -0.4 is 16.2 Å². The van der Waals surface area contributed by atoms with Gasteiger partial charge >= 0.3 is 0 Å². The molecule has 1 amide bonds. The van der Waals surface area contributed by atoms with Crippen LogP contribution in [0.3, 0.4) is 0 Å². The van der Waals surface area contributed by atoms with Gasteiger partial charge in [-0.05, 0) is 30.3 Å². The number of anilines is 2. The van der Waals surface area contributed by atoms with E-state index in [1.54, 1.807) is 18.2 Å². The minimum Gasteiger partial charge on any atom is -0.399 e. The van der Waals surface area contributed by atoms with E-state index in [1.165, 1.54) is 24.3 Å². The number of nitrogens with two attached hydrogens (primary N) is 2. The Morgan fingerprint density at radius 2 is 1.81 bits per heavy atom. The molecular formula is C13H12BrN3O3S. The first-order chi connectivity index (χ1) is 9.77. The lowest BCUT2D eigenvalue weighted by Crippen LogP contribution is -2.18. The molecule has 2 aromatic carbocycles. The van der Waals surface area contributed by atoms with E-state index in [1.807, 2.05) is 0 Å². The van der Waals surface area contributed by atoms with Crippen molar-refractivity contribution in [1.82, 2.24) is 0 Å². The highest BCUT2D eigenvalue weighted by atomic mass is 79.9. The zero-order valence-corrected chi connectivity index (χ0v) is 13.1. The smallest absolute Gasteiger partial charge is 0.255 e. The summed E-state index contributed by atoms with van der Waals surface area (Å²) >= 11 is 3.24. The van der Waals surface area contributed by atoms with Gasteiger partial charge in [-0.25, -0.2) is 13.6 Å². The molecule has 0 aliphatic carbocycles. The van der Waals surface area contributed by atoms with Crippen molar-refractivity contribution < 1.29 is 13.2 Å². The van der Waals surface area contributed by atoms with Crippen LogP contribution in [0.15, 0.2) is 51.8 Å². The van der Waals surface area contributed by atoms with Gasteiger partial charge in [0, 0.05) is 15.7 Å². The summed E-state index contributed by atoms with van der Waals surface area (Å²) in [5, 5.41) is 7.63. The van der Waals surface area contributed by atoms with E-state index in [2.05, 4.69) is 21.2 Å². The number of para-hydroxylation sites is 1. The first-order valence-electron chi connectivity index (χ1n) is 5.76. The number of primary sulfonamides is 1. The monoisotopic (exact) mass is 369 g/mol. The number of hydrogen-bond acceptors (Lipinski definition) is 4. The number of nitrogens with one attached hydrogen (secondary N) is 1. The third kappa shape index (κ3) is 3.81. The number of amides is 1. The lowest BCUT2D eigenvalue weighted by atomic mass is 10.2. The molecule has 0 saturated carbocycles. The van der Waals surface area contributed by atoms with Crippen molar-refractivity contribution in [1.29, 1.82) is 0 Å². The highest BCUT2D eigenvalue weighted by Crippen LogP contribution is 2.22. The van der Waals surface area contributed by atoms with E-state index in [9.17, 15) is 13.2 Å². The van der Waals surface area contributed by atoms with Gasteiger partial charge in [0.05, 0.1) is 5.69 Å². The molecule has 6 nitrogen and oxygen atoms in total. The molecule has 5 N–H and O–H groups in total. The second-order valence-electron chi connectivity index (χ2n) is 4.27. The van der Waals surface area contributed by atoms with Crippen LogP contribution in [-0.4, -0.2) is 14.3 Å². The number of halogens is 1. The van der Waals surface area contributed by atoms with Gasteiger partial charge in [-0.1, -0.05) is 28.1 Å². The Morgan fingerprint density at radius 1 is 1.14 bits per heavy atom. The van der Waals surface area contributed by atoms with Crippen molar-refractivity contribution in [3.63, 3.8) is 0 Å². The molecule has 0 heterocycles. The molecule has 8 heteroatoms. The van der Waals surface area contributed by atoms with E-state index in [4.69, 9.17) is 10.9 Å². The molecule has 0 atom stereocenters. The van der Waals surface area contributed by atoms with E-state index < -0.39 is 15.9 Å². The average Bonchev–Trinajstić information content (AvgIpc) is 2.37. The third-order valence-electron chi connectivity index (χ3n) is 2.62. The van der Waals surface area contributed by atoms with Crippen LogP contribution in [0.5, 0.6) is 0 Å². The van der Waals surface area contributed by atoms with Crippen LogP contribution in [-0.2, 0) is 10.0 Å². The molecule has 0 aromatic heterocycles. The van der Waals surface area contributed by atoms with Crippen LogP contribution >= 0.6 is 15.9 Å². The van der Waals surface area contributed by atoms with Crippen LogP contribution in [0, 0.1) is 0 Å². The lowest BCUT2D eigenvalue weighted by molar-refractivity contribution is 0.102. The highest BCUT2D eigenvalue weighted by molar-refractivity contribution is 9.10. The maximum atomic E-state index is 12.2. The minimum absolute atomic E-state index is 0.114. The number of carbonyl (C=O) groups excluding carboxylic acids is 1. The third-order valence-corrected chi connectivity index (χ3v) is 4.05. The summed E-state index contributed by atoms with van der Waals surface area (Å²) < 4.78 is 23.6. The van der Waals surface area contributed by atoms with Crippen molar-refractivity contribution in [3.05, 3.63) is 52.5 Å². The van der Waals surface area contributed by atoms with Gasteiger partial charge in [0.25, 0.3) is 5.91 Å². The average molecular weight is 370 g/mol. The number of rotatable bonds is 3. The summed E-state index contributed by atoms with van der Waals surface area (Å²) in [6.07, 6.45) is 0. The number of nitrogen functional groups attached to an aromatic ring is 1. The number of hydrogen-bond donors (Lipinski definition) is 3. The first kappa shape index (κ1) is 15.5. The lowest BCUT2D eigenvalue weighted by Gasteiger charge is -2.10. The fourth-order valence-electron chi connectivity index (χ4n) is 1.76. The Hall–Kier alpha value is -1.90. The quantitative estimate of drug-likeness (QED) is 0.716. The molecule has 110 valence electrons. The maximum Gasteiger partial charge on any atom is 0.255 e. The maximum absolute atomic E-state index is 12.2. The largest absolute Gasteiger partial charge is 0.399 e. The Labute approximate surface area is 130 Å². The molecular weight excluding hydrogens is 358 g/mol. The summed E-state index contributed by atoms with van der Waals surface area (Å²) in [5.74, 6) is -0.487. The predicted molar refractivity (Wildman–Crippen MR) is 84.3 cm³/mol. The normalized spacial score (nSPS) is 11.1. The number of carbonyl (C=O) groups is 1. The Bertz CT molecular complexity index is 786. The molecule has 0 unspecified atom stereocenters. The minimum atomic E-state index is -3.93. The summed E-state index contributed by atoms with van der Waals surface area (Å²) in [6.45, 7) is 0. The van der Waals surface area contributed by atoms with E-state index in [0.717, 1.165) is 0 Å². The summed E-state index contributed by atoms with van der Waals surface area (Å²) in [6, 6.07) is 10.6. The van der Waals surface area contributed by atoms with E-state index >= 15 is 0 Å². The molecule has 0 bridgehead atoms.